The van der Waals surface area contributed by atoms with Crippen molar-refractivity contribution in [1.29, 1.82) is 0 Å². The van der Waals surface area contributed by atoms with E-state index in [9.17, 15) is 19.0 Å². The summed E-state index contributed by atoms with van der Waals surface area (Å²) >= 11 is 0. The predicted octanol–water partition coefficient (Wildman–Crippen LogP) is 12.7. The van der Waals surface area contributed by atoms with Gasteiger partial charge in [0.25, 0.3) is 0 Å². The molecule has 8 nitrogen and oxygen atoms in total. The molecular weight excluding hydrogens is 651 g/mol. The monoisotopic (exact) mass is 729 g/mol. The molecule has 2 atom stereocenters. The molecule has 1 N–H and O–H groups in total. The Balaban J connectivity index is 4.02. The first-order chi connectivity index (χ1) is 24.3. The van der Waals surface area contributed by atoms with E-state index in [-0.39, 0.29) is 19.0 Å². The molecule has 50 heavy (non-hydrogen) atoms. The van der Waals surface area contributed by atoms with Gasteiger partial charge < -0.3 is 14.4 Å². The van der Waals surface area contributed by atoms with Crippen molar-refractivity contribution in [1.82, 2.24) is 0 Å². The number of phosphoric acid groups is 1. The first-order valence-corrected chi connectivity index (χ1v) is 22.0. The number of esters is 2. The third kappa shape index (κ3) is 36.3. The number of ether oxygens (including phenoxy) is 2. The first-order valence-electron chi connectivity index (χ1n) is 20.5. The van der Waals surface area contributed by atoms with E-state index in [2.05, 4.69) is 42.7 Å². The molecule has 9 heteroatoms. The average Bonchev–Trinajstić information content (AvgIpc) is 3.10. The summed E-state index contributed by atoms with van der Waals surface area (Å²) in [6.45, 7) is 3.87. The quantitative estimate of drug-likeness (QED) is 0.0290. The molecule has 0 rings (SSSR count). The van der Waals surface area contributed by atoms with Crippen LogP contribution < -0.4 is 0 Å². The average molecular weight is 729 g/mol. The third-order valence-electron chi connectivity index (χ3n) is 8.95. The Labute approximate surface area is 307 Å². The van der Waals surface area contributed by atoms with Gasteiger partial charge in [0.05, 0.1) is 6.61 Å². The van der Waals surface area contributed by atoms with Gasteiger partial charge in [-0.1, -0.05) is 167 Å². The number of phosphoric ester groups is 1. The van der Waals surface area contributed by atoms with Crippen LogP contribution in [0.25, 0.3) is 0 Å². The smallest absolute Gasteiger partial charge is 0.462 e. The Morgan fingerprint density at radius 3 is 1.42 bits per heavy atom. The lowest BCUT2D eigenvalue weighted by atomic mass is 10.0. The molecule has 0 amide bonds. The molecule has 0 aliphatic rings. The molecule has 0 fully saturated rings. The zero-order valence-corrected chi connectivity index (χ0v) is 33.5. The van der Waals surface area contributed by atoms with Gasteiger partial charge in [-0.2, -0.15) is 0 Å². The number of allylic oxidation sites excluding steroid dienone is 4. The Morgan fingerprint density at radius 1 is 0.560 bits per heavy atom. The van der Waals surface area contributed by atoms with Gasteiger partial charge in [0, 0.05) is 20.0 Å². The summed E-state index contributed by atoms with van der Waals surface area (Å²) < 4.78 is 31.9. The number of hydrogen-bond donors (Lipinski definition) is 1. The first kappa shape index (κ1) is 48.5. The van der Waals surface area contributed by atoms with Gasteiger partial charge in [0.1, 0.15) is 6.61 Å². The standard InChI is InChI=1S/C41H77O8P/c1-4-6-8-10-12-14-16-18-19-20-21-22-24-26-28-30-32-34-36-41(43)49-39(38-48-50(44,45)46-3)37-47-40(42)35-33-31-29-27-25-23-17-15-13-11-9-7-5-2/h14,16,19-20,39H,4-13,15,17-18,21-38H2,1-3H3,(H,44,45)/b16-14-,20-19-. The van der Waals surface area contributed by atoms with Gasteiger partial charge in [-0.25, -0.2) is 4.57 Å². The summed E-state index contributed by atoms with van der Waals surface area (Å²) in [7, 11) is -3.20. The van der Waals surface area contributed by atoms with Crippen molar-refractivity contribution < 1.29 is 37.6 Å². The molecule has 0 aliphatic heterocycles. The largest absolute Gasteiger partial charge is 0.472 e. The van der Waals surface area contributed by atoms with Crippen molar-refractivity contribution in [3.05, 3.63) is 24.3 Å². The van der Waals surface area contributed by atoms with Gasteiger partial charge in [-0.05, 0) is 44.9 Å². The lowest BCUT2D eigenvalue weighted by Gasteiger charge is -2.19. The highest BCUT2D eigenvalue weighted by Crippen LogP contribution is 2.42. The van der Waals surface area contributed by atoms with Crippen LogP contribution in [0.2, 0.25) is 0 Å². The number of carbonyl (C=O) groups excluding carboxylic acids is 2. The van der Waals surface area contributed by atoms with E-state index < -0.39 is 26.5 Å². The van der Waals surface area contributed by atoms with Crippen LogP contribution in [0, 0.1) is 0 Å². The van der Waals surface area contributed by atoms with Gasteiger partial charge in [-0.15, -0.1) is 0 Å². The molecule has 0 aromatic carbocycles. The molecule has 294 valence electrons. The number of unbranched alkanes of at least 4 members (excludes halogenated alkanes) is 23. The van der Waals surface area contributed by atoms with Crippen LogP contribution in [0.4, 0.5) is 0 Å². The lowest BCUT2D eigenvalue weighted by molar-refractivity contribution is -0.161. The maximum Gasteiger partial charge on any atom is 0.472 e. The van der Waals surface area contributed by atoms with Crippen LogP contribution in [0.5, 0.6) is 0 Å². The highest BCUT2D eigenvalue weighted by atomic mass is 31.2. The van der Waals surface area contributed by atoms with Crippen molar-refractivity contribution in [2.45, 2.75) is 206 Å². The minimum absolute atomic E-state index is 0.224. The van der Waals surface area contributed by atoms with Gasteiger partial charge in [0.2, 0.25) is 0 Å². The molecular formula is C41H77O8P. The molecule has 0 saturated carbocycles. The second kappa shape index (κ2) is 37.3. The normalized spacial score (nSPS) is 13.6. The minimum Gasteiger partial charge on any atom is -0.462 e. The summed E-state index contributed by atoms with van der Waals surface area (Å²) in [5.41, 5.74) is 0. The second-order valence-corrected chi connectivity index (χ2v) is 15.3. The molecule has 0 aromatic rings. The molecule has 0 saturated heterocycles. The van der Waals surface area contributed by atoms with Gasteiger partial charge in [-0.3, -0.25) is 18.6 Å². The Kier molecular flexibility index (Phi) is 36.2. The molecule has 0 aromatic heterocycles. The van der Waals surface area contributed by atoms with Crippen LogP contribution in [0.15, 0.2) is 24.3 Å². The number of rotatable bonds is 38. The maximum absolute atomic E-state index is 12.5. The maximum atomic E-state index is 12.5. The predicted molar refractivity (Wildman–Crippen MR) is 207 cm³/mol. The second-order valence-electron chi connectivity index (χ2n) is 13.8. The zero-order valence-electron chi connectivity index (χ0n) is 32.6. The highest BCUT2D eigenvalue weighted by Gasteiger charge is 2.24. The lowest BCUT2D eigenvalue weighted by Crippen LogP contribution is -2.29. The van der Waals surface area contributed by atoms with Crippen LogP contribution in [-0.4, -0.2) is 43.3 Å². The molecule has 0 aliphatic carbocycles. The molecule has 0 bridgehead atoms. The third-order valence-corrected chi connectivity index (χ3v) is 9.89. The summed E-state index contributed by atoms with van der Waals surface area (Å²) in [4.78, 5) is 34.4. The van der Waals surface area contributed by atoms with Crippen molar-refractivity contribution in [3.63, 3.8) is 0 Å². The summed E-state index contributed by atoms with van der Waals surface area (Å²) in [6, 6.07) is 0. The fraction of sp³-hybridized carbons (Fsp3) is 0.854. The van der Waals surface area contributed by atoms with E-state index in [0.29, 0.717) is 12.8 Å². The zero-order chi connectivity index (χ0) is 36.8. The van der Waals surface area contributed by atoms with Crippen molar-refractivity contribution >= 4 is 19.8 Å². The molecule has 0 radical (unpaired) electrons. The van der Waals surface area contributed by atoms with E-state index in [4.69, 9.17) is 14.0 Å². The van der Waals surface area contributed by atoms with E-state index in [1.165, 1.54) is 116 Å². The van der Waals surface area contributed by atoms with Crippen LogP contribution in [0.3, 0.4) is 0 Å². The topological polar surface area (TPSA) is 108 Å². The Hall–Kier alpha value is -1.47. The number of hydrogen-bond acceptors (Lipinski definition) is 7. The van der Waals surface area contributed by atoms with Gasteiger partial charge >= 0.3 is 19.8 Å². The Bertz CT molecular complexity index is 875. The fourth-order valence-electron chi connectivity index (χ4n) is 5.75. The SMILES string of the molecule is CCCCCC/C=C\C/C=C\CCCCCCCCCC(=O)OC(COC(=O)CCCCCCCCCCCCCCC)COP(=O)(O)OC. The highest BCUT2D eigenvalue weighted by molar-refractivity contribution is 7.47. The summed E-state index contributed by atoms with van der Waals surface area (Å²) in [6.07, 6.45) is 40.8. The minimum atomic E-state index is -4.26. The van der Waals surface area contributed by atoms with E-state index in [1.807, 2.05) is 0 Å². The van der Waals surface area contributed by atoms with E-state index >= 15 is 0 Å². The molecule has 0 heterocycles. The summed E-state index contributed by atoms with van der Waals surface area (Å²) in [5.74, 6) is -0.806. The molecule has 0 spiro atoms. The summed E-state index contributed by atoms with van der Waals surface area (Å²) in [5, 5.41) is 0. The fourth-order valence-corrected chi connectivity index (χ4v) is 6.21. The van der Waals surface area contributed by atoms with Gasteiger partial charge in [0.15, 0.2) is 6.10 Å². The number of carbonyl (C=O) groups is 2. The van der Waals surface area contributed by atoms with Crippen LogP contribution in [0.1, 0.15) is 200 Å². The van der Waals surface area contributed by atoms with Crippen molar-refractivity contribution in [2.75, 3.05) is 20.3 Å². The van der Waals surface area contributed by atoms with Crippen LogP contribution >= 0.6 is 7.82 Å². The molecule has 2 unspecified atom stereocenters. The van der Waals surface area contributed by atoms with Crippen molar-refractivity contribution in [2.24, 2.45) is 0 Å². The van der Waals surface area contributed by atoms with E-state index in [1.54, 1.807) is 0 Å². The van der Waals surface area contributed by atoms with Crippen LogP contribution in [-0.2, 0) is 32.7 Å². The Morgan fingerprint density at radius 2 is 0.960 bits per heavy atom. The van der Waals surface area contributed by atoms with E-state index in [0.717, 1.165) is 58.5 Å². The van der Waals surface area contributed by atoms with Crippen molar-refractivity contribution in [3.8, 4) is 0 Å².